The molecular weight excluding hydrogens is 266 g/mol. The smallest absolute Gasteiger partial charge is 0.161 e. The summed E-state index contributed by atoms with van der Waals surface area (Å²) in [6.45, 7) is 7.11. The van der Waals surface area contributed by atoms with Crippen LogP contribution in [-0.2, 0) is 11.3 Å². The molecule has 2 atom stereocenters. The number of aromatic nitrogens is 2. The van der Waals surface area contributed by atoms with E-state index in [-0.39, 0.29) is 6.04 Å². The molecule has 1 N–H and O–H groups in total. The molecule has 2 unspecified atom stereocenters. The van der Waals surface area contributed by atoms with Crippen LogP contribution in [0.5, 0.6) is 5.75 Å². The summed E-state index contributed by atoms with van der Waals surface area (Å²) in [4.78, 5) is 0. The average Bonchev–Trinajstić information content (AvgIpc) is 3.13. The maximum Gasteiger partial charge on any atom is 0.161 e. The molecule has 0 aliphatic carbocycles. The normalized spacial score (nSPS) is 19.9. The Morgan fingerprint density at radius 1 is 1.52 bits per heavy atom. The first-order chi connectivity index (χ1) is 10.3. The van der Waals surface area contributed by atoms with Gasteiger partial charge in [-0.3, -0.25) is 4.68 Å². The van der Waals surface area contributed by atoms with Crippen molar-refractivity contribution in [3.63, 3.8) is 0 Å². The molecule has 1 fully saturated rings. The predicted octanol–water partition coefficient (Wildman–Crippen LogP) is 2.91. The van der Waals surface area contributed by atoms with Crippen LogP contribution in [0.15, 0.2) is 6.20 Å². The van der Waals surface area contributed by atoms with Gasteiger partial charge in [-0.05, 0) is 38.6 Å². The Hall–Kier alpha value is -1.07. The summed E-state index contributed by atoms with van der Waals surface area (Å²) >= 11 is 0. The summed E-state index contributed by atoms with van der Waals surface area (Å²) in [5, 5.41) is 8.07. The number of rotatable bonds is 9. The second-order valence-corrected chi connectivity index (χ2v) is 5.64. The Kier molecular flexibility index (Phi) is 6.51. The molecule has 2 heterocycles. The van der Waals surface area contributed by atoms with E-state index in [1.54, 1.807) is 7.11 Å². The first-order valence-corrected chi connectivity index (χ1v) is 8.24. The summed E-state index contributed by atoms with van der Waals surface area (Å²) in [6, 6.07) is 0.281. The van der Waals surface area contributed by atoms with Crippen LogP contribution in [0.3, 0.4) is 0 Å². The molecule has 0 aromatic carbocycles. The lowest BCUT2D eigenvalue weighted by atomic mass is 10.0. The number of nitrogens with one attached hydrogen (secondary N) is 1. The van der Waals surface area contributed by atoms with Gasteiger partial charge in [0.15, 0.2) is 5.75 Å². The number of hydrogen-bond acceptors (Lipinski definition) is 4. The third-order valence-electron chi connectivity index (χ3n) is 4.08. The highest BCUT2D eigenvalue weighted by Gasteiger charge is 2.23. The zero-order chi connectivity index (χ0) is 15.1. The number of methoxy groups -OCH3 is 1. The quantitative estimate of drug-likeness (QED) is 0.761. The molecule has 5 nitrogen and oxygen atoms in total. The van der Waals surface area contributed by atoms with Crippen LogP contribution in [0.1, 0.15) is 57.7 Å². The summed E-state index contributed by atoms with van der Waals surface area (Å²) in [5.41, 5.74) is 1.18. The van der Waals surface area contributed by atoms with Crippen LogP contribution in [-0.4, -0.2) is 36.1 Å². The SMILES string of the molecule is CCCn1ncc(OC)c1C(CCC1CCCO1)NCC. The van der Waals surface area contributed by atoms with E-state index in [0.29, 0.717) is 6.10 Å². The van der Waals surface area contributed by atoms with Gasteiger partial charge in [-0.1, -0.05) is 13.8 Å². The van der Waals surface area contributed by atoms with E-state index >= 15 is 0 Å². The fraction of sp³-hybridized carbons (Fsp3) is 0.812. The molecule has 0 amide bonds. The number of hydrogen-bond donors (Lipinski definition) is 1. The molecule has 5 heteroatoms. The Morgan fingerprint density at radius 3 is 3.00 bits per heavy atom. The van der Waals surface area contributed by atoms with Gasteiger partial charge in [0.1, 0.15) is 0 Å². The third kappa shape index (κ3) is 4.20. The molecule has 0 bridgehead atoms. The summed E-state index contributed by atoms with van der Waals surface area (Å²) < 4.78 is 13.4. The van der Waals surface area contributed by atoms with E-state index in [1.165, 1.54) is 18.5 Å². The van der Waals surface area contributed by atoms with Crippen molar-refractivity contribution in [1.29, 1.82) is 0 Å². The van der Waals surface area contributed by atoms with Gasteiger partial charge >= 0.3 is 0 Å². The minimum Gasteiger partial charge on any atom is -0.493 e. The lowest BCUT2D eigenvalue weighted by Crippen LogP contribution is -2.25. The van der Waals surface area contributed by atoms with Crippen LogP contribution in [0, 0.1) is 0 Å². The topological polar surface area (TPSA) is 48.3 Å². The first-order valence-electron chi connectivity index (χ1n) is 8.24. The van der Waals surface area contributed by atoms with Crippen molar-refractivity contribution >= 4 is 0 Å². The second-order valence-electron chi connectivity index (χ2n) is 5.64. The van der Waals surface area contributed by atoms with Gasteiger partial charge in [0.05, 0.1) is 31.1 Å². The van der Waals surface area contributed by atoms with E-state index in [0.717, 1.165) is 44.7 Å². The molecule has 1 aliphatic rings. The van der Waals surface area contributed by atoms with E-state index in [2.05, 4.69) is 28.9 Å². The zero-order valence-corrected chi connectivity index (χ0v) is 13.6. The molecular formula is C16H29N3O2. The van der Waals surface area contributed by atoms with E-state index in [4.69, 9.17) is 9.47 Å². The molecule has 0 spiro atoms. The Bertz CT molecular complexity index is 414. The highest BCUT2D eigenvalue weighted by atomic mass is 16.5. The number of nitrogens with zero attached hydrogens (tertiary/aromatic N) is 2. The Labute approximate surface area is 128 Å². The third-order valence-corrected chi connectivity index (χ3v) is 4.08. The molecule has 1 aliphatic heterocycles. The van der Waals surface area contributed by atoms with E-state index in [9.17, 15) is 0 Å². The van der Waals surface area contributed by atoms with Gasteiger partial charge in [0.2, 0.25) is 0 Å². The molecule has 0 radical (unpaired) electrons. The molecule has 0 saturated carbocycles. The fourth-order valence-electron chi connectivity index (χ4n) is 3.08. The molecule has 2 rings (SSSR count). The first kappa shape index (κ1) is 16.3. The van der Waals surface area contributed by atoms with Gasteiger partial charge < -0.3 is 14.8 Å². The van der Waals surface area contributed by atoms with E-state index < -0.39 is 0 Å². The summed E-state index contributed by atoms with van der Waals surface area (Å²) in [6.07, 6.45) is 7.89. The monoisotopic (exact) mass is 295 g/mol. The maximum atomic E-state index is 5.75. The van der Waals surface area contributed by atoms with Crippen LogP contribution in [0.25, 0.3) is 0 Å². The van der Waals surface area contributed by atoms with Gasteiger partial charge in [0, 0.05) is 13.2 Å². The van der Waals surface area contributed by atoms with Crippen LogP contribution < -0.4 is 10.1 Å². The Balaban J connectivity index is 2.09. The maximum absolute atomic E-state index is 5.75. The second kappa shape index (κ2) is 8.39. The predicted molar refractivity (Wildman–Crippen MR) is 83.7 cm³/mol. The van der Waals surface area contributed by atoms with Crippen molar-refractivity contribution in [3.8, 4) is 5.75 Å². The minimum atomic E-state index is 0.281. The molecule has 1 aromatic heterocycles. The van der Waals surface area contributed by atoms with Crippen LogP contribution >= 0.6 is 0 Å². The van der Waals surface area contributed by atoms with Crippen molar-refractivity contribution in [1.82, 2.24) is 15.1 Å². The van der Waals surface area contributed by atoms with E-state index in [1.807, 2.05) is 6.20 Å². The molecule has 120 valence electrons. The summed E-state index contributed by atoms with van der Waals surface area (Å²) in [7, 11) is 1.72. The van der Waals surface area contributed by atoms with Gasteiger partial charge in [-0.15, -0.1) is 0 Å². The molecule has 1 saturated heterocycles. The van der Waals surface area contributed by atoms with Crippen LogP contribution in [0.4, 0.5) is 0 Å². The minimum absolute atomic E-state index is 0.281. The number of aryl methyl sites for hydroxylation is 1. The van der Waals surface area contributed by atoms with Crippen molar-refractivity contribution in [3.05, 3.63) is 11.9 Å². The van der Waals surface area contributed by atoms with Crippen molar-refractivity contribution in [2.45, 2.75) is 64.6 Å². The lowest BCUT2D eigenvalue weighted by molar-refractivity contribution is 0.0992. The molecule has 1 aromatic rings. The Morgan fingerprint density at radius 2 is 2.38 bits per heavy atom. The van der Waals surface area contributed by atoms with Crippen molar-refractivity contribution in [2.75, 3.05) is 20.3 Å². The standard InChI is InChI=1S/C16H29N3O2/c1-4-10-19-16(15(20-3)12-18-19)14(17-5-2)9-8-13-7-6-11-21-13/h12-14,17H,4-11H2,1-3H3. The van der Waals surface area contributed by atoms with Gasteiger partial charge in [-0.2, -0.15) is 5.10 Å². The molecule has 21 heavy (non-hydrogen) atoms. The fourth-order valence-corrected chi connectivity index (χ4v) is 3.08. The van der Waals surface area contributed by atoms with Crippen molar-refractivity contribution in [2.24, 2.45) is 0 Å². The zero-order valence-electron chi connectivity index (χ0n) is 13.6. The average molecular weight is 295 g/mol. The van der Waals surface area contributed by atoms with Crippen LogP contribution in [0.2, 0.25) is 0 Å². The highest BCUT2D eigenvalue weighted by molar-refractivity contribution is 5.28. The van der Waals surface area contributed by atoms with Gasteiger partial charge in [0.25, 0.3) is 0 Å². The number of ether oxygens (including phenoxy) is 2. The highest BCUT2D eigenvalue weighted by Crippen LogP contribution is 2.30. The lowest BCUT2D eigenvalue weighted by Gasteiger charge is -2.22. The van der Waals surface area contributed by atoms with Gasteiger partial charge in [-0.25, -0.2) is 0 Å². The largest absolute Gasteiger partial charge is 0.493 e. The van der Waals surface area contributed by atoms with Crippen molar-refractivity contribution < 1.29 is 9.47 Å². The summed E-state index contributed by atoms with van der Waals surface area (Å²) in [5.74, 6) is 0.891.